The van der Waals surface area contributed by atoms with Gasteiger partial charge in [0.25, 0.3) is 0 Å². The molecule has 0 unspecified atom stereocenters. The number of rotatable bonds is 12. The van der Waals surface area contributed by atoms with E-state index >= 15 is 0 Å². The van der Waals surface area contributed by atoms with Gasteiger partial charge >= 0.3 is 12.1 Å². The van der Waals surface area contributed by atoms with Crippen molar-refractivity contribution in [1.29, 1.82) is 0 Å². The fraction of sp³-hybridized carbons (Fsp3) is 0.233. The van der Waals surface area contributed by atoms with Crippen LogP contribution < -0.4 is 4.74 Å². The highest BCUT2D eigenvalue weighted by molar-refractivity contribution is 6.47. The standard InChI is InChI=1S/C30H27F5N2O6/c1-18(36-43-16-20-9-5-6-11-23(20)24(17-39-2)29(38)40-3)27(37-41-4)21-13-25(31)28(26(32)14-21)42-15-19-8-7-10-22(12-19)30(33,34)35/h5-14,17H,15-16H2,1-4H3. The minimum Gasteiger partial charge on any atom is -0.503 e. The number of methoxy groups -OCH3 is 2. The van der Waals surface area contributed by atoms with Crippen LogP contribution in [0.25, 0.3) is 5.57 Å². The van der Waals surface area contributed by atoms with Crippen LogP contribution in [-0.2, 0) is 43.3 Å². The van der Waals surface area contributed by atoms with Gasteiger partial charge in [0.05, 0.1) is 26.0 Å². The number of ether oxygens (including phenoxy) is 3. The summed E-state index contributed by atoms with van der Waals surface area (Å²) >= 11 is 0. The average Bonchev–Trinajstić information content (AvgIpc) is 2.97. The van der Waals surface area contributed by atoms with E-state index in [0.717, 1.165) is 24.3 Å². The lowest BCUT2D eigenvalue weighted by molar-refractivity contribution is -0.137. The summed E-state index contributed by atoms with van der Waals surface area (Å²) in [7, 11) is 3.84. The Bertz CT molecular complexity index is 1510. The number of benzene rings is 3. The maximum atomic E-state index is 14.9. The molecule has 0 aromatic heterocycles. The Kier molecular flexibility index (Phi) is 11.2. The predicted molar refractivity (Wildman–Crippen MR) is 147 cm³/mol. The van der Waals surface area contributed by atoms with Crippen LogP contribution in [0.5, 0.6) is 5.75 Å². The van der Waals surface area contributed by atoms with E-state index in [2.05, 4.69) is 10.3 Å². The Balaban J connectivity index is 1.80. The van der Waals surface area contributed by atoms with E-state index in [1.54, 1.807) is 24.3 Å². The van der Waals surface area contributed by atoms with Crippen LogP contribution in [0, 0.1) is 11.6 Å². The highest BCUT2D eigenvalue weighted by Crippen LogP contribution is 2.30. The number of oxime groups is 2. The van der Waals surface area contributed by atoms with E-state index in [0.29, 0.717) is 11.1 Å². The van der Waals surface area contributed by atoms with Crippen LogP contribution in [0.1, 0.15) is 34.7 Å². The second-order valence-electron chi connectivity index (χ2n) is 8.74. The van der Waals surface area contributed by atoms with Crippen LogP contribution >= 0.6 is 0 Å². The molecule has 0 fully saturated rings. The Labute approximate surface area is 243 Å². The summed E-state index contributed by atoms with van der Waals surface area (Å²) < 4.78 is 83.7. The normalized spacial score (nSPS) is 12.5. The Hall–Kier alpha value is -4.94. The largest absolute Gasteiger partial charge is 0.503 e. The van der Waals surface area contributed by atoms with Crippen molar-refractivity contribution in [3.63, 3.8) is 0 Å². The number of carbonyl (C=O) groups is 1. The minimum absolute atomic E-state index is 0.0671. The zero-order chi connectivity index (χ0) is 31.6. The molecule has 0 N–H and O–H groups in total. The summed E-state index contributed by atoms with van der Waals surface area (Å²) in [5.74, 6) is -3.68. The highest BCUT2D eigenvalue weighted by atomic mass is 19.4. The third kappa shape index (κ3) is 8.53. The topological polar surface area (TPSA) is 87.9 Å². The van der Waals surface area contributed by atoms with Crippen LogP contribution in [-0.4, -0.2) is 38.7 Å². The molecule has 8 nitrogen and oxygen atoms in total. The molecule has 3 aromatic rings. The lowest BCUT2D eigenvalue weighted by atomic mass is 10.0. The van der Waals surface area contributed by atoms with Crippen molar-refractivity contribution in [2.24, 2.45) is 10.3 Å². The van der Waals surface area contributed by atoms with E-state index in [-0.39, 0.29) is 34.7 Å². The molecule has 0 aliphatic heterocycles. The number of nitrogens with zero attached hydrogens (tertiary/aromatic N) is 2. The minimum atomic E-state index is -4.58. The van der Waals surface area contributed by atoms with Crippen LogP contribution in [0.15, 0.2) is 77.2 Å². The van der Waals surface area contributed by atoms with Crippen LogP contribution in [0.4, 0.5) is 22.0 Å². The van der Waals surface area contributed by atoms with Gasteiger partial charge in [-0.15, -0.1) is 0 Å². The molecule has 0 aliphatic rings. The summed E-state index contributed by atoms with van der Waals surface area (Å²) in [6, 6.07) is 12.8. The Morgan fingerprint density at radius 1 is 0.907 bits per heavy atom. The van der Waals surface area contributed by atoms with E-state index in [9.17, 15) is 26.7 Å². The second kappa shape index (κ2) is 14.8. The maximum Gasteiger partial charge on any atom is 0.416 e. The van der Waals surface area contributed by atoms with Gasteiger partial charge in [-0.25, -0.2) is 13.6 Å². The van der Waals surface area contributed by atoms with E-state index in [4.69, 9.17) is 23.9 Å². The maximum absolute atomic E-state index is 14.9. The lowest BCUT2D eigenvalue weighted by Crippen LogP contribution is -2.15. The molecular formula is C30H27F5N2O6. The number of halogens is 5. The molecule has 0 aliphatic carbocycles. The van der Waals surface area contributed by atoms with Crippen LogP contribution in [0.3, 0.4) is 0 Å². The predicted octanol–water partition coefficient (Wildman–Crippen LogP) is 6.67. The van der Waals surface area contributed by atoms with Crippen molar-refractivity contribution >= 4 is 23.0 Å². The molecule has 13 heteroatoms. The van der Waals surface area contributed by atoms with Gasteiger partial charge in [0.15, 0.2) is 17.4 Å². The third-order valence-electron chi connectivity index (χ3n) is 5.80. The summed E-state index contributed by atoms with van der Waals surface area (Å²) in [5.41, 5.74) is 0.247. The molecule has 0 bridgehead atoms. The molecule has 0 atom stereocenters. The average molecular weight is 607 g/mol. The van der Waals surface area contributed by atoms with Crippen molar-refractivity contribution in [2.75, 3.05) is 21.3 Å². The SMILES string of the molecule is COC=C(C(=O)OC)c1ccccc1CON=C(C)C(=NOC)c1cc(F)c(OCc2cccc(C(F)(F)F)c2)c(F)c1. The third-order valence-corrected chi connectivity index (χ3v) is 5.80. The number of alkyl halides is 3. The van der Waals surface area contributed by atoms with Crippen molar-refractivity contribution in [1.82, 2.24) is 0 Å². The molecule has 43 heavy (non-hydrogen) atoms. The molecule has 0 amide bonds. The second-order valence-corrected chi connectivity index (χ2v) is 8.74. The van der Waals surface area contributed by atoms with Crippen molar-refractivity contribution in [2.45, 2.75) is 26.3 Å². The van der Waals surface area contributed by atoms with Gasteiger partial charge in [-0.05, 0) is 42.3 Å². The monoisotopic (exact) mass is 606 g/mol. The molecule has 0 radical (unpaired) electrons. The van der Waals surface area contributed by atoms with Gasteiger partial charge in [-0.2, -0.15) is 13.2 Å². The Morgan fingerprint density at radius 2 is 1.60 bits per heavy atom. The zero-order valence-electron chi connectivity index (χ0n) is 23.5. The number of hydrogen-bond acceptors (Lipinski definition) is 8. The smallest absolute Gasteiger partial charge is 0.416 e. The van der Waals surface area contributed by atoms with Gasteiger partial charge in [-0.3, -0.25) is 0 Å². The van der Waals surface area contributed by atoms with Crippen molar-refractivity contribution < 1.29 is 50.6 Å². The lowest BCUT2D eigenvalue weighted by Gasteiger charge is -2.13. The first-order valence-corrected chi connectivity index (χ1v) is 12.5. The number of esters is 1. The molecule has 228 valence electrons. The Morgan fingerprint density at radius 3 is 2.23 bits per heavy atom. The fourth-order valence-corrected chi connectivity index (χ4v) is 3.85. The highest BCUT2D eigenvalue weighted by Gasteiger charge is 2.30. The summed E-state index contributed by atoms with van der Waals surface area (Å²) in [5, 5.41) is 7.78. The van der Waals surface area contributed by atoms with Crippen LogP contribution in [0.2, 0.25) is 0 Å². The van der Waals surface area contributed by atoms with E-state index in [1.165, 1.54) is 46.6 Å². The number of hydrogen-bond donors (Lipinski definition) is 0. The molecular weight excluding hydrogens is 579 g/mol. The summed E-state index contributed by atoms with van der Waals surface area (Å²) in [6.45, 7) is 0.836. The molecule has 3 rings (SSSR count). The molecule has 0 heterocycles. The molecule has 3 aromatic carbocycles. The fourth-order valence-electron chi connectivity index (χ4n) is 3.85. The van der Waals surface area contributed by atoms with Crippen molar-refractivity contribution in [3.05, 3.63) is 106 Å². The first-order chi connectivity index (χ1) is 20.5. The number of carbonyl (C=O) groups excluding carboxylic acids is 1. The van der Waals surface area contributed by atoms with Gasteiger partial charge in [0, 0.05) is 11.1 Å². The quantitative estimate of drug-likeness (QED) is 0.0572. The van der Waals surface area contributed by atoms with Gasteiger partial charge in [0.2, 0.25) is 0 Å². The molecule has 0 saturated carbocycles. The zero-order valence-corrected chi connectivity index (χ0v) is 23.5. The van der Waals surface area contributed by atoms with Crippen molar-refractivity contribution in [3.8, 4) is 5.75 Å². The first kappa shape index (κ1) is 32.6. The van der Waals surface area contributed by atoms with Gasteiger partial charge < -0.3 is 23.9 Å². The van der Waals surface area contributed by atoms with E-state index in [1.807, 2.05) is 0 Å². The van der Waals surface area contributed by atoms with Gasteiger partial charge in [-0.1, -0.05) is 46.7 Å². The molecule has 0 saturated heterocycles. The summed E-state index contributed by atoms with van der Waals surface area (Å²) in [4.78, 5) is 22.5. The summed E-state index contributed by atoms with van der Waals surface area (Å²) in [6.07, 6.45) is -3.34. The molecule has 0 spiro atoms. The van der Waals surface area contributed by atoms with E-state index < -0.39 is 41.7 Å². The van der Waals surface area contributed by atoms with Gasteiger partial charge in [0.1, 0.15) is 37.3 Å². The first-order valence-electron chi connectivity index (χ1n) is 12.5.